The van der Waals surface area contributed by atoms with Crippen molar-refractivity contribution in [3.63, 3.8) is 0 Å². The van der Waals surface area contributed by atoms with Gasteiger partial charge in [-0.05, 0) is 44.2 Å². The first kappa shape index (κ1) is 13.0. The van der Waals surface area contributed by atoms with Crippen molar-refractivity contribution in [3.05, 3.63) is 29.5 Å². The zero-order chi connectivity index (χ0) is 14.3. The maximum atomic E-state index is 6.25. The van der Waals surface area contributed by atoms with Crippen LogP contribution < -0.4 is 10.5 Å². The van der Waals surface area contributed by atoms with Crippen molar-refractivity contribution >= 4 is 5.82 Å². The van der Waals surface area contributed by atoms with Gasteiger partial charge in [0.2, 0.25) is 0 Å². The van der Waals surface area contributed by atoms with E-state index in [1.165, 1.54) is 18.4 Å². The maximum absolute atomic E-state index is 6.25. The molecule has 106 valence electrons. The van der Waals surface area contributed by atoms with E-state index in [0.717, 1.165) is 34.9 Å². The third-order valence-corrected chi connectivity index (χ3v) is 3.97. The van der Waals surface area contributed by atoms with E-state index in [1.54, 1.807) is 11.8 Å². The van der Waals surface area contributed by atoms with Crippen LogP contribution in [0.4, 0.5) is 5.82 Å². The summed E-state index contributed by atoms with van der Waals surface area (Å²) in [7, 11) is 3.60. The molecule has 1 aliphatic carbocycles. The molecule has 0 aliphatic heterocycles. The zero-order valence-electron chi connectivity index (χ0n) is 12.3. The lowest BCUT2D eigenvalue weighted by atomic mass is 9.99. The van der Waals surface area contributed by atoms with Gasteiger partial charge in [-0.25, -0.2) is 0 Å². The molecule has 0 spiro atoms. The van der Waals surface area contributed by atoms with Gasteiger partial charge in [-0.15, -0.1) is 0 Å². The van der Waals surface area contributed by atoms with Gasteiger partial charge in [0.15, 0.2) is 0 Å². The van der Waals surface area contributed by atoms with Crippen LogP contribution in [0.2, 0.25) is 0 Å². The summed E-state index contributed by atoms with van der Waals surface area (Å²) in [4.78, 5) is 0. The number of rotatable bonds is 4. The van der Waals surface area contributed by atoms with E-state index in [4.69, 9.17) is 10.5 Å². The molecule has 2 aromatic rings. The molecule has 3 rings (SSSR count). The van der Waals surface area contributed by atoms with E-state index in [-0.39, 0.29) is 0 Å². The lowest BCUT2D eigenvalue weighted by Crippen LogP contribution is -1.98. The number of hydrogen-bond acceptors (Lipinski definition) is 3. The normalized spacial score (nSPS) is 14.6. The Bertz CT molecular complexity index is 641. The highest BCUT2D eigenvalue weighted by atomic mass is 16.5. The average Bonchev–Trinajstić information content (AvgIpc) is 3.18. The summed E-state index contributed by atoms with van der Waals surface area (Å²) >= 11 is 0. The van der Waals surface area contributed by atoms with Gasteiger partial charge in [0.1, 0.15) is 11.6 Å². The second-order valence-corrected chi connectivity index (χ2v) is 5.68. The van der Waals surface area contributed by atoms with Crippen molar-refractivity contribution < 1.29 is 4.74 Å². The predicted octanol–water partition coefficient (Wildman–Crippen LogP) is 2.94. The monoisotopic (exact) mass is 271 g/mol. The van der Waals surface area contributed by atoms with Gasteiger partial charge >= 0.3 is 0 Å². The second kappa shape index (κ2) is 4.85. The molecule has 0 atom stereocenters. The van der Waals surface area contributed by atoms with Gasteiger partial charge in [-0.3, -0.25) is 4.68 Å². The van der Waals surface area contributed by atoms with Crippen LogP contribution in [0.5, 0.6) is 5.75 Å². The van der Waals surface area contributed by atoms with Crippen molar-refractivity contribution in [2.45, 2.75) is 26.2 Å². The average molecular weight is 271 g/mol. The summed E-state index contributed by atoms with van der Waals surface area (Å²) in [5.74, 6) is 2.34. The Morgan fingerprint density at radius 1 is 1.40 bits per heavy atom. The maximum Gasteiger partial charge on any atom is 0.129 e. The Balaban J connectivity index is 2.14. The largest absolute Gasteiger partial charge is 0.496 e. The van der Waals surface area contributed by atoms with Gasteiger partial charge in [0.05, 0.1) is 18.4 Å². The van der Waals surface area contributed by atoms with Gasteiger partial charge in [-0.2, -0.15) is 5.10 Å². The number of anilines is 1. The number of benzene rings is 1. The molecule has 0 amide bonds. The fraction of sp³-hybridized carbons (Fsp3) is 0.438. The number of nitrogen functional groups attached to an aromatic ring is 1. The van der Waals surface area contributed by atoms with Crippen molar-refractivity contribution in [1.82, 2.24) is 9.78 Å². The number of aromatic nitrogens is 2. The Kier molecular flexibility index (Phi) is 3.16. The Morgan fingerprint density at radius 3 is 2.80 bits per heavy atom. The van der Waals surface area contributed by atoms with Crippen molar-refractivity contribution in [1.29, 1.82) is 0 Å². The molecule has 1 saturated carbocycles. The first-order valence-electron chi connectivity index (χ1n) is 7.06. The molecule has 1 aromatic heterocycles. The van der Waals surface area contributed by atoms with Crippen LogP contribution in [-0.4, -0.2) is 16.9 Å². The fourth-order valence-electron chi connectivity index (χ4n) is 2.64. The minimum absolute atomic E-state index is 0.713. The number of hydrogen-bond donors (Lipinski definition) is 1. The van der Waals surface area contributed by atoms with E-state index in [1.807, 2.05) is 13.1 Å². The fourth-order valence-corrected chi connectivity index (χ4v) is 2.64. The molecule has 1 heterocycles. The number of nitrogens with zero attached hydrogens (tertiary/aromatic N) is 2. The Labute approximate surface area is 119 Å². The highest BCUT2D eigenvalue weighted by Crippen LogP contribution is 2.40. The minimum atomic E-state index is 0.713. The van der Waals surface area contributed by atoms with Gasteiger partial charge in [-0.1, -0.05) is 11.6 Å². The van der Waals surface area contributed by atoms with E-state index in [2.05, 4.69) is 24.2 Å². The Hall–Kier alpha value is -1.97. The van der Waals surface area contributed by atoms with Crippen LogP contribution in [0.15, 0.2) is 18.2 Å². The number of ether oxygens (including phenoxy) is 1. The van der Waals surface area contributed by atoms with Crippen LogP contribution >= 0.6 is 0 Å². The van der Waals surface area contributed by atoms with E-state index >= 15 is 0 Å². The molecule has 2 N–H and O–H groups in total. The van der Waals surface area contributed by atoms with Crippen molar-refractivity contribution in [2.75, 3.05) is 12.8 Å². The molecule has 4 nitrogen and oxygen atoms in total. The number of methoxy groups -OCH3 is 1. The standard InChI is InChI=1S/C16H21N3O/c1-10-4-7-14(20-3)12(8-10)15-13(9-11-5-6-11)18-19(2)16(15)17/h4,7-8,11H,5-6,9,17H2,1-3H3. The Morgan fingerprint density at radius 2 is 2.15 bits per heavy atom. The topological polar surface area (TPSA) is 53.1 Å². The molecule has 1 aliphatic rings. The van der Waals surface area contributed by atoms with E-state index in [9.17, 15) is 0 Å². The quantitative estimate of drug-likeness (QED) is 0.930. The molecular weight excluding hydrogens is 250 g/mol. The first-order valence-corrected chi connectivity index (χ1v) is 7.06. The molecule has 1 fully saturated rings. The van der Waals surface area contributed by atoms with Crippen LogP contribution in [0, 0.1) is 12.8 Å². The van der Waals surface area contributed by atoms with Gasteiger partial charge < -0.3 is 10.5 Å². The minimum Gasteiger partial charge on any atom is -0.496 e. The molecule has 0 radical (unpaired) electrons. The second-order valence-electron chi connectivity index (χ2n) is 5.68. The van der Waals surface area contributed by atoms with Crippen LogP contribution in [0.3, 0.4) is 0 Å². The van der Waals surface area contributed by atoms with Crippen LogP contribution in [0.25, 0.3) is 11.1 Å². The van der Waals surface area contributed by atoms with E-state index < -0.39 is 0 Å². The SMILES string of the molecule is COc1ccc(C)cc1-c1c(CC2CC2)nn(C)c1N. The molecule has 0 bridgehead atoms. The highest BCUT2D eigenvalue weighted by Gasteiger charge is 2.27. The molecule has 0 unspecified atom stereocenters. The predicted molar refractivity (Wildman–Crippen MR) is 80.8 cm³/mol. The first-order chi connectivity index (χ1) is 9.60. The molecule has 20 heavy (non-hydrogen) atoms. The lowest BCUT2D eigenvalue weighted by molar-refractivity contribution is 0.416. The summed E-state index contributed by atoms with van der Waals surface area (Å²) in [6, 6.07) is 6.18. The molecular formula is C16H21N3O. The summed E-state index contributed by atoms with van der Waals surface area (Å²) in [5, 5.41) is 4.61. The van der Waals surface area contributed by atoms with Gasteiger partial charge in [0, 0.05) is 12.6 Å². The van der Waals surface area contributed by atoms with Gasteiger partial charge in [0.25, 0.3) is 0 Å². The summed E-state index contributed by atoms with van der Waals surface area (Å²) in [6.07, 6.45) is 3.62. The molecule has 4 heteroatoms. The van der Waals surface area contributed by atoms with Crippen molar-refractivity contribution in [2.24, 2.45) is 13.0 Å². The molecule has 1 aromatic carbocycles. The smallest absolute Gasteiger partial charge is 0.129 e. The third kappa shape index (κ3) is 2.26. The lowest BCUT2D eigenvalue weighted by Gasteiger charge is -2.10. The number of aryl methyl sites for hydroxylation is 2. The summed E-state index contributed by atoms with van der Waals surface area (Å²) in [5.41, 5.74) is 10.6. The van der Waals surface area contributed by atoms with E-state index in [0.29, 0.717) is 5.82 Å². The zero-order valence-corrected chi connectivity index (χ0v) is 12.3. The van der Waals surface area contributed by atoms with Crippen LogP contribution in [-0.2, 0) is 13.5 Å². The third-order valence-electron chi connectivity index (χ3n) is 3.97. The summed E-state index contributed by atoms with van der Waals surface area (Å²) < 4.78 is 7.27. The molecule has 0 saturated heterocycles. The summed E-state index contributed by atoms with van der Waals surface area (Å²) in [6.45, 7) is 2.08. The number of nitrogens with two attached hydrogens (primary N) is 1. The van der Waals surface area contributed by atoms with Crippen LogP contribution in [0.1, 0.15) is 24.1 Å². The highest BCUT2D eigenvalue weighted by molar-refractivity contribution is 5.81. The van der Waals surface area contributed by atoms with Crippen molar-refractivity contribution in [3.8, 4) is 16.9 Å².